The third kappa shape index (κ3) is 3.69. The highest BCUT2D eigenvalue weighted by molar-refractivity contribution is 5.85. The van der Waals surface area contributed by atoms with Crippen molar-refractivity contribution in [1.82, 2.24) is 0 Å². The summed E-state index contributed by atoms with van der Waals surface area (Å²) in [5.41, 5.74) is 1.16. The van der Waals surface area contributed by atoms with Crippen LogP contribution in [0.2, 0.25) is 0 Å². The van der Waals surface area contributed by atoms with Gasteiger partial charge in [0.05, 0.1) is 27.2 Å². The summed E-state index contributed by atoms with van der Waals surface area (Å²) in [6, 6.07) is 8.71. The molecule has 0 radical (unpaired) electrons. The third-order valence-electron chi connectivity index (χ3n) is 3.18. The van der Waals surface area contributed by atoms with Gasteiger partial charge in [0.25, 0.3) is 11.4 Å². The Balaban J connectivity index is 2.38. The predicted octanol–water partition coefficient (Wildman–Crippen LogP) is 2.40. The van der Waals surface area contributed by atoms with Crippen molar-refractivity contribution < 1.29 is 15.0 Å². The lowest BCUT2D eigenvalue weighted by molar-refractivity contribution is -0.384. The third-order valence-corrected chi connectivity index (χ3v) is 3.18. The average Bonchev–Trinajstić information content (AvgIpc) is 2.62. The Morgan fingerprint density at radius 1 is 1.08 bits per heavy atom. The summed E-state index contributed by atoms with van der Waals surface area (Å²) in [6.07, 6.45) is 1.02. The second-order valence-electron chi connectivity index (χ2n) is 4.77. The van der Waals surface area contributed by atoms with E-state index in [0.717, 1.165) is 36.5 Å². The first-order valence-corrected chi connectivity index (χ1v) is 6.76. The highest BCUT2D eigenvalue weighted by Gasteiger charge is 2.18. The van der Waals surface area contributed by atoms with Crippen LogP contribution in [0.5, 0.6) is 5.75 Å². The zero-order valence-corrected chi connectivity index (χ0v) is 12.8. The van der Waals surface area contributed by atoms with E-state index in [1.165, 1.54) is 0 Å². The van der Waals surface area contributed by atoms with Crippen molar-refractivity contribution in [1.29, 1.82) is 10.5 Å². The van der Waals surface area contributed by atoms with Crippen LogP contribution < -0.4 is 5.43 Å². The Kier molecular flexibility index (Phi) is 5.06. The molecule has 0 amide bonds. The zero-order valence-electron chi connectivity index (χ0n) is 12.8. The Bertz CT molecular complexity index is 1020. The molecule has 0 unspecified atom stereocenters. The molecule has 0 aliphatic heterocycles. The quantitative estimate of drug-likeness (QED) is 0.467. The van der Waals surface area contributed by atoms with Gasteiger partial charge in [0.1, 0.15) is 23.6 Å². The predicted molar refractivity (Wildman–Crippen MR) is 88.5 cm³/mol. The minimum atomic E-state index is -0.759. The van der Waals surface area contributed by atoms with Crippen molar-refractivity contribution in [2.45, 2.75) is 0 Å². The molecular formula is C15H8N6O5. The molecule has 0 bridgehead atoms. The van der Waals surface area contributed by atoms with Gasteiger partial charge in [0.15, 0.2) is 0 Å². The number of nitro groups is 2. The van der Waals surface area contributed by atoms with Gasteiger partial charge in [-0.2, -0.15) is 15.6 Å². The largest absolute Gasteiger partial charge is 0.507 e. The number of rotatable bonds is 5. The summed E-state index contributed by atoms with van der Waals surface area (Å²) in [6.45, 7) is 0. The zero-order chi connectivity index (χ0) is 19.3. The molecule has 11 heteroatoms. The number of nitrogens with one attached hydrogen (secondary N) is 1. The lowest BCUT2D eigenvalue weighted by Crippen LogP contribution is -2.00. The molecule has 0 spiro atoms. The summed E-state index contributed by atoms with van der Waals surface area (Å²) in [5, 5.41) is 53.1. The first kappa shape index (κ1) is 17.8. The molecule has 0 aromatic heterocycles. The molecule has 2 aromatic rings. The minimum Gasteiger partial charge on any atom is -0.507 e. The second kappa shape index (κ2) is 7.37. The van der Waals surface area contributed by atoms with Crippen LogP contribution >= 0.6 is 0 Å². The van der Waals surface area contributed by atoms with E-state index in [0.29, 0.717) is 0 Å². The molecule has 0 aliphatic carbocycles. The molecule has 26 heavy (non-hydrogen) atoms. The van der Waals surface area contributed by atoms with Crippen LogP contribution in [-0.4, -0.2) is 21.2 Å². The highest BCUT2D eigenvalue weighted by Crippen LogP contribution is 2.28. The molecule has 2 rings (SSSR count). The van der Waals surface area contributed by atoms with Gasteiger partial charge in [0.2, 0.25) is 0 Å². The number of phenolic OH excluding ortho intramolecular Hbond substituents is 1. The summed E-state index contributed by atoms with van der Waals surface area (Å²) < 4.78 is 0. The number of phenols is 1. The number of anilines is 1. The second-order valence-corrected chi connectivity index (χ2v) is 4.77. The standard InChI is InChI=1S/C15H8N6O5/c16-6-9-4-13(14(21(25)26)5-10(9)7-17)19-18-8-11-3-12(20(23)24)1-2-15(11)22/h1-5,8,19,22H. The monoisotopic (exact) mass is 352 g/mol. The summed E-state index contributed by atoms with van der Waals surface area (Å²) in [5.74, 6) is -0.284. The summed E-state index contributed by atoms with van der Waals surface area (Å²) in [4.78, 5) is 20.4. The first-order chi connectivity index (χ1) is 12.4. The molecule has 2 aromatic carbocycles. The number of aromatic hydroxyl groups is 1. The molecule has 0 atom stereocenters. The summed E-state index contributed by atoms with van der Waals surface area (Å²) in [7, 11) is 0. The molecule has 11 nitrogen and oxygen atoms in total. The van der Waals surface area contributed by atoms with Gasteiger partial charge >= 0.3 is 0 Å². The van der Waals surface area contributed by atoms with E-state index in [1.54, 1.807) is 12.1 Å². The topological polar surface area (TPSA) is 178 Å². The van der Waals surface area contributed by atoms with Gasteiger partial charge in [-0.05, 0) is 12.1 Å². The highest BCUT2D eigenvalue weighted by atomic mass is 16.6. The maximum atomic E-state index is 11.1. The van der Waals surface area contributed by atoms with Crippen molar-refractivity contribution in [2.75, 3.05) is 5.43 Å². The van der Waals surface area contributed by atoms with Crippen LogP contribution in [0.15, 0.2) is 35.4 Å². The van der Waals surface area contributed by atoms with Crippen molar-refractivity contribution in [3.63, 3.8) is 0 Å². The maximum Gasteiger partial charge on any atom is 0.295 e. The molecular weight excluding hydrogens is 344 g/mol. The van der Waals surface area contributed by atoms with Gasteiger partial charge < -0.3 is 5.11 Å². The molecule has 0 fully saturated rings. The first-order valence-electron chi connectivity index (χ1n) is 6.76. The molecule has 0 saturated heterocycles. The Morgan fingerprint density at radius 2 is 1.73 bits per heavy atom. The van der Waals surface area contributed by atoms with Crippen molar-refractivity contribution in [3.05, 3.63) is 67.3 Å². The van der Waals surface area contributed by atoms with Crippen LogP contribution in [0.4, 0.5) is 17.1 Å². The van der Waals surface area contributed by atoms with Crippen molar-refractivity contribution >= 4 is 23.3 Å². The summed E-state index contributed by atoms with van der Waals surface area (Å²) >= 11 is 0. The average molecular weight is 352 g/mol. The number of hydrazone groups is 1. The molecule has 128 valence electrons. The van der Waals surface area contributed by atoms with Gasteiger partial charge in [0, 0.05) is 23.8 Å². The number of non-ortho nitro benzene ring substituents is 1. The number of nitro benzene ring substituents is 2. The Hall–Kier alpha value is -4.51. The fourth-order valence-corrected chi connectivity index (χ4v) is 1.94. The van der Waals surface area contributed by atoms with Crippen LogP contribution in [0.1, 0.15) is 16.7 Å². The lowest BCUT2D eigenvalue weighted by atomic mass is 10.1. The van der Waals surface area contributed by atoms with Crippen LogP contribution in [0.3, 0.4) is 0 Å². The number of nitriles is 2. The SMILES string of the molecule is N#Cc1cc(NN=Cc2cc([N+](=O)[O-])ccc2O)c([N+](=O)[O-])cc1C#N. The Labute approximate surface area is 145 Å². The van der Waals surface area contributed by atoms with Gasteiger partial charge in [-0.3, -0.25) is 25.7 Å². The van der Waals surface area contributed by atoms with E-state index in [1.807, 2.05) is 0 Å². The van der Waals surface area contributed by atoms with Crippen molar-refractivity contribution in [2.24, 2.45) is 5.10 Å². The van der Waals surface area contributed by atoms with Gasteiger partial charge in [-0.1, -0.05) is 0 Å². The fraction of sp³-hybridized carbons (Fsp3) is 0. The van der Waals surface area contributed by atoms with Crippen molar-refractivity contribution in [3.8, 4) is 17.9 Å². The molecule has 0 saturated carbocycles. The number of nitrogens with zero attached hydrogens (tertiary/aromatic N) is 5. The Morgan fingerprint density at radius 3 is 2.31 bits per heavy atom. The van der Waals surface area contributed by atoms with E-state index in [-0.39, 0.29) is 33.8 Å². The minimum absolute atomic E-state index is 0.00325. The maximum absolute atomic E-state index is 11.1. The molecule has 2 N–H and O–H groups in total. The molecule has 0 heterocycles. The van der Waals surface area contributed by atoms with E-state index in [2.05, 4.69) is 10.5 Å². The van der Waals surface area contributed by atoms with Gasteiger partial charge in [-0.25, -0.2) is 0 Å². The van der Waals surface area contributed by atoms with E-state index in [9.17, 15) is 25.3 Å². The normalized spacial score (nSPS) is 10.1. The van der Waals surface area contributed by atoms with Crippen LogP contribution in [0, 0.1) is 42.9 Å². The van der Waals surface area contributed by atoms with Gasteiger partial charge in [-0.15, -0.1) is 0 Å². The van der Waals surface area contributed by atoms with E-state index in [4.69, 9.17) is 10.5 Å². The van der Waals surface area contributed by atoms with Crippen LogP contribution in [-0.2, 0) is 0 Å². The lowest BCUT2D eigenvalue weighted by Gasteiger charge is -2.04. The molecule has 0 aliphatic rings. The van der Waals surface area contributed by atoms with Crippen LogP contribution in [0.25, 0.3) is 0 Å². The number of hydrogen-bond acceptors (Lipinski definition) is 9. The van der Waals surface area contributed by atoms with E-state index < -0.39 is 15.5 Å². The smallest absolute Gasteiger partial charge is 0.295 e. The fourth-order valence-electron chi connectivity index (χ4n) is 1.94. The number of benzene rings is 2. The number of hydrogen-bond donors (Lipinski definition) is 2. The van der Waals surface area contributed by atoms with E-state index >= 15 is 0 Å².